The molecule has 0 saturated heterocycles. The minimum Gasteiger partial charge on any atom is -0.487 e. The molecule has 3 nitrogen and oxygen atoms in total. The fourth-order valence-electron chi connectivity index (χ4n) is 1.43. The smallest absolute Gasteiger partial charge is 0.133 e. The van der Waals surface area contributed by atoms with Gasteiger partial charge in [-0.05, 0) is 35.2 Å². The van der Waals surface area contributed by atoms with Crippen molar-refractivity contribution in [1.82, 2.24) is 0 Å². The minimum absolute atomic E-state index is 0.147. The molecule has 0 N–H and O–H groups in total. The van der Waals surface area contributed by atoms with E-state index in [0.29, 0.717) is 5.92 Å². The number of nitroso groups, excluding NO2 is 1. The van der Waals surface area contributed by atoms with E-state index in [1.165, 1.54) is 5.56 Å². The predicted molar refractivity (Wildman–Crippen MR) is 65.4 cm³/mol. The molecule has 0 fully saturated rings. The van der Waals surface area contributed by atoms with Crippen LogP contribution in [-0.4, -0.2) is 6.61 Å². The Morgan fingerprint density at radius 1 is 1.50 bits per heavy atom. The van der Waals surface area contributed by atoms with Crippen LogP contribution in [0.1, 0.15) is 19.4 Å². The van der Waals surface area contributed by atoms with E-state index in [9.17, 15) is 4.91 Å². The molecule has 0 aliphatic carbocycles. The van der Waals surface area contributed by atoms with E-state index in [-0.39, 0.29) is 12.3 Å². The monoisotopic (exact) mass is 219 g/mol. The number of nitrogens with zero attached hydrogens (tertiary/aromatic N) is 1. The third-order valence-corrected chi connectivity index (χ3v) is 2.08. The summed E-state index contributed by atoms with van der Waals surface area (Å²) in [5.41, 5.74) is 1.44. The Kier molecular flexibility index (Phi) is 4.70. The van der Waals surface area contributed by atoms with E-state index in [1.807, 2.05) is 18.2 Å². The van der Waals surface area contributed by atoms with Crippen molar-refractivity contribution >= 4 is 0 Å². The average molecular weight is 219 g/mol. The van der Waals surface area contributed by atoms with Crippen molar-refractivity contribution in [3.8, 4) is 5.75 Å². The maximum Gasteiger partial charge on any atom is 0.133 e. The van der Waals surface area contributed by atoms with Crippen LogP contribution in [0.2, 0.25) is 0 Å². The summed E-state index contributed by atoms with van der Waals surface area (Å²) in [6.07, 6.45) is 1.02. The van der Waals surface area contributed by atoms with Gasteiger partial charge >= 0.3 is 0 Å². The highest BCUT2D eigenvalue weighted by Gasteiger charge is 2.01. The second-order valence-corrected chi connectivity index (χ2v) is 4.19. The van der Waals surface area contributed by atoms with Gasteiger partial charge in [0.2, 0.25) is 0 Å². The van der Waals surface area contributed by atoms with Gasteiger partial charge in [-0.25, -0.2) is 0 Å². The third-order valence-electron chi connectivity index (χ3n) is 2.08. The van der Waals surface area contributed by atoms with Crippen molar-refractivity contribution in [1.29, 1.82) is 0 Å². The van der Waals surface area contributed by atoms with Crippen LogP contribution < -0.4 is 4.74 Å². The van der Waals surface area contributed by atoms with Gasteiger partial charge in [0.05, 0.1) is 0 Å². The molecule has 3 heteroatoms. The first kappa shape index (κ1) is 12.4. The van der Waals surface area contributed by atoms with Gasteiger partial charge in [-0.1, -0.05) is 32.6 Å². The third kappa shape index (κ3) is 4.26. The maximum absolute atomic E-state index is 10.1. The summed E-state index contributed by atoms with van der Waals surface area (Å²) in [7, 11) is 0. The van der Waals surface area contributed by atoms with E-state index >= 15 is 0 Å². The summed E-state index contributed by atoms with van der Waals surface area (Å²) >= 11 is 0. The van der Waals surface area contributed by atoms with Gasteiger partial charge in [0.25, 0.3) is 0 Å². The highest BCUT2D eigenvalue weighted by atomic mass is 16.5. The number of hydrogen-bond donors (Lipinski definition) is 0. The Bertz CT molecular complexity index is 372. The van der Waals surface area contributed by atoms with Gasteiger partial charge in [-0.2, -0.15) is 0 Å². The SMILES string of the molecule is C=C(COc1cccc(CC(C)C)c1)N=O. The van der Waals surface area contributed by atoms with Crippen molar-refractivity contribution in [3.05, 3.63) is 47.0 Å². The van der Waals surface area contributed by atoms with Crippen molar-refractivity contribution in [3.63, 3.8) is 0 Å². The van der Waals surface area contributed by atoms with E-state index in [0.717, 1.165) is 12.2 Å². The topological polar surface area (TPSA) is 38.7 Å². The zero-order chi connectivity index (χ0) is 12.0. The van der Waals surface area contributed by atoms with Gasteiger partial charge in [-0.3, -0.25) is 0 Å². The Morgan fingerprint density at radius 3 is 2.88 bits per heavy atom. The molecular weight excluding hydrogens is 202 g/mol. The Hall–Kier alpha value is -1.64. The van der Waals surface area contributed by atoms with Crippen LogP contribution in [0, 0.1) is 10.8 Å². The van der Waals surface area contributed by atoms with E-state index in [4.69, 9.17) is 4.74 Å². The van der Waals surface area contributed by atoms with Crippen molar-refractivity contribution in [2.75, 3.05) is 6.61 Å². The summed E-state index contributed by atoms with van der Waals surface area (Å²) in [5, 5.41) is 2.70. The van der Waals surface area contributed by atoms with Gasteiger partial charge in [0, 0.05) is 0 Å². The summed E-state index contributed by atoms with van der Waals surface area (Å²) < 4.78 is 5.39. The molecule has 1 rings (SSSR count). The molecule has 0 bridgehead atoms. The first-order valence-electron chi connectivity index (χ1n) is 5.34. The molecule has 1 aromatic rings. The maximum atomic E-state index is 10.1. The minimum atomic E-state index is 0.147. The van der Waals surface area contributed by atoms with E-state index in [2.05, 4.69) is 31.7 Å². The summed E-state index contributed by atoms with van der Waals surface area (Å²) in [5.74, 6) is 1.37. The van der Waals surface area contributed by atoms with Crippen LogP contribution >= 0.6 is 0 Å². The van der Waals surface area contributed by atoms with Crippen molar-refractivity contribution in [2.45, 2.75) is 20.3 Å². The summed E-state index contributed by atoms with van der Waals surface area (Å²) in [4.78, 5) is 10.1. The lowest BCUT2D eigenvalue weighted by Gasteiger charge is -2.08. The molecule has 1 aromatic carbocycles. The predicted octanol–water partition coefficient (Wildman–Crippen LogP) is 3.54. The Labute approximate surface area is 96.1 Å². The fraction of sp³-hybridized carbons (Fsp3) is 0.385. The number of rotatable bonds is 6. The lowest BCUT2D eigenvalue weighted by atomic mass is 10.0. The Morgan fingerprint density at radius 2 is 2.25 bits per heavy atom. The van der Waals surface area contributed by atoms with Gasteiger partial charge in [-0.15, -0.1) is 4.91 Å². The molecule has 0 unspecified atom stereocenters. The standard InChI is InChI=1S/C13H17NO2/c1-10(2)7-12-5-4-6-13(8-12)16-9-11(3)14-15/h4-6,8,10H,3,7,9H2,1-2H3. The van der Waals surface area contributed by atoms with E-state index < -0.39 is 0 Å². The molecule has 0 aliphatic rings. The molecule has 0 amide bonds. The highest BCUT2D eigenvalue weighted by molar-refractivity contribution is 5.29. The molecule has 16 heavy (non-hydrogen) atoms. The van der Waals surface area contributed by atoms with E-state index in [1.54, 1.807) is 0 Å². The molecule has 0 radical (unpaired) electrons. The van der Waals surface area contributed by atoms with Crippen molar-refractivity contribution < 1.29 is 4.74 Å². The van der Waals surface area contributed by atoms with Crippen LogP contribution in [0.4, 0.5) is 0 Å². The highest BCUT2D eigenvalue weighted by Crippen LogP contribution is 2.16. The molecule has 0 aliphatic heterocycles. The molecule has 0 atom stereocenters. The van der Waals surface area contributed by atoms with Crippen LogP contribution in [-0.2, 0) is 6.42 Å². The zero-order valence-electron chi connectivity index (χ0n) is 9.77. The zero-order valence-corrected chi connectivity index (χ0v) is 9.77. The summed E-state index contributed by atoms with van der Waals surface area (Å²) in [6.45, 7) is 7.95. The number of hydrogen-bond acceptors (Lipinski definition) is 3. The normalized spacial score (nSPS) is 10.2. The van der Waals surface area contributed by atoms with Gasteiger partial charge in [0.1, 0.15) is 18.1 Å². The lowest BCUT2D eigenvalue weighted by Crippen LogP contribution is -1.99. The van der Waals surface area contributed by atoms with Gasteiger partial charge in [0.15, 0.2) is 0 Å². The van der Waals surface area contributed by atoms with Crippen LogP contribution in [0.3, 0.4) is 0 Å². The van der Waals surface area contributed by atoms with Crippen molar-refractivity contribution in [2.24, 2.45) is 11.1 Å². The van der Waals surface area contributed by atoms with Crippen LogP contribution in [0.15, 0.2) is 41.7 Å². The summed E-state index contributed by atoms with van der Waals surface area (Å²) in [6, 6.07) is 7.86. The molecular formula is C13H17NO2. The average Bonchev–Trinajstić information content (AvgIpc) is 2.25. The quantitative estimate of drug-likeness (QED) is 0.686. The van der Waals surface area contributed by atoms with Gasteiger partial charge < -0.3 is 4.74 Å². The van der Waals surface area contributed by atoms with Crippen LogP contribution in [0.25, 0.3) is 0 Å². The fourth-order valence-corrected chi connectivity index (χ4v) is 1.43. The number of benzene rings is 1. The van der Waals surface area contributed by atoms with Crippen LogP contribution in [0.5, 0.6) is 5.75 Å². The molecule has 86 valence electrons. The second-order valence-electron chi connectivity index (χ2n) is 4.19. The number of ether oxygens (including phenoxy) is 1. The lowest BCUT2D eigenvalue weighted by molar-refractivity contribution is 0.350. The largest absolute Gasteiger partial charge is 0.487 e. The first-order chi connectivity index (χ1) is 7.61. The molecule has 0 aromatic heterocycles. The molecule has 0 saturated carbocycles. The molecule has 0 spiro atoms. The Balaban J connectivity index is 2.60. The first-order valence-corrected chi connectivity index (χ1v) is 5.34. The molecule has 0 heterocycles. The second kappa shape index (κ2) is 6.05.